The van der Waals surface area contributed by atoms with E-state index >= 15 is 0 Å². The van der Waals surface area contributed by atoms with Crippen molar-refractivity contribution in [2.24, 2.45) is 0 Å². The fraction of sp³-hybridized carbons (Fsp3) is 0.579. The number of amides is 1. The van der Waals surface area contributed by atoms with Crippen molar-refractivity contribution in [2.45, 2.75) is 45.1 Å². The summed E-state index contributed by atoms with van der Waals surface area (Å²) in [6.07, 6.45) is -1.34. The van der Waals surface area contributed by atoms with E-state index in [4.69, 9.17) is 23.7 Å². The summed E-state index contributed by atoms with van der Waals surface area (Å²) in [7, 11) is 1.63. The van der Waals surface area contributed by atoms with Crippen molar-refractivity contribution in [3.63, 3.8) is 0 Å². The number of ether oxygens (including phenoxy) is 5. The van der Waals surface area contributed by atoms with Gasteiger partial charge < -0.3 is 33.9 Å². The molecule has 28 heavy (non-hydrogen) atoms. The van der Waals surface area contributed by atoms with Gasteiger partial charge in [0.25, 0.3) is 0 Å². The van der Waals surface area contributed by atoms with Crippen LogP contribution >= 0.6 is 0 Å². The number of fused-ring (bicyclic) bond motifs is 1. The van der Waals surface area contributed by atoms with Crippen LogP contribution in [0.4, 0.5) is 9.59 Å². The highest BCUT2D eigenvalue weighted by Crippen LogP contribution is 2.33. The summed E-state index contributed by atoms with van der Waals surface area (Å²) in [6, 6.07) is 5.54. The molecule has 1 aromatic carbocycles. The lowest BCUT2D eigenvalue weighted by molar-refractivity contribution is -0.0889. The molecule has 0 bridgehead atoms. The van der Waals surface area contributed by atoms with Crippen molar-refractivity contribution in [2.75, 3.05) is 26.9 Å². The fourth-order valence-electron chi connectivity index (χ4n) is 3.00. The van der Waals surface area contributed by atoms with Gasteiger partial charge in [0.1, 0.15) is 6.10 Å². The smallest absolute Gasteiger partial charge is 0.454 e. The van der Waals surface area contributed by atoms with E-state index < -0.39 is 18.5 Å². The number of likely N-dealkylation sites (N-methyl/N-ethyl adjacent to an activating group) is 1. The SMILES string of the molecule is CC(OC(=O)OC1CCNC1)OC(=O)N(C)C(C)Cc1ccc2c(c1)OCO2. The van der Waals surface area contributed by atoms with Crippen molar-refractivity contribution in [3.05, 3.63) is 23.8 Å². The molecule has 0 aliphatic carbocycles. The molecule has 2 aliphatic heterocycles. The number of benzene rings is 1. The van der Waals surface area contributed by atoms with Gasteiger partial charge in [-0.25, -0.2) is 9.59 Å². The predicted octanol–water partition coefficient (Wildman–Crippen LogP) is 2.28. The first-order chi connectivity index (χ1) is 13.4. The molecule has 0 aromatic heterocycles. The second kappa shape index (κ2) is 9.01. The zero-order valence-corrected chi connectivity index (χ0v) is 16.3. The van der Waals surface area contributed by atoms with Crippen LogP contribution in [0.1, 0.15) is 25.8 Å². The summed E-state index contributed by atoms with van der Waals surface area (Å²) >= 11 is 0. The van der Waals surface area contributed by atoms with E-state index in [9.17, 15) is 9.59 Å². The molecule has 3 rings (SSSR count). The van der Waals surface area contributed by atoms with Gasteiger partial charge >= 0.3 is 12.2 Å². The molecule has 0 radical (unpaired) electrons. The lowest BCUT2D eigenvalue weighted by atomic mass is 10.1. The second-order valence-electron chi connectivity index (χ2n) is 6.90. The Hall–Kier alpha value is -2.68. The Balaban J connectivity index is 1.44. The van der Waals surface area contributed by atoms with Crippen molar-refractivity contribution >= 4 is 12.2 Å². The molecule has 1 saturated heterocycles. The van der Waals surface area contributed by atoms with Crippen molar-refractivity contribution in [3.8, 4) is 11.5 Å². The summed E-state index contributed by atoms with van der Waals surface area (Å²) in [5, 5.41) is 3.08. The van der Waals surface area contributed by atoms with Crippen LogP contribution in [0.3, 0.4) is 0 Å². The zero-order valence-electron chi connectivity index (χ0n) is 16.3. The molecule has 0 saturated carbocycles. The normalized spacial score (nSPS) is 19.6. The van der Waals surface area contributed by atoms with Gasteiger partial charge in [-0.2, -0.15) is 0 Å². The summed E-state index contributed by atoms with van der Waals surface area (Å²) in [4.78, 5) is 25.5. The molecule has 0 spiro atoms. The van der Waals surface area contributed by atoms with Gasteiger partial charge in [0, 0.05) is 26.6 Å². The Morgan fingerprint density at radius 3 is 2.79 bits per heavy atom. The highest BCUT2D eigenvalue weighted by atomic mass is 16.8. The van der Waals surface area contributed by atoms with E-state index in [1.807, 2.05) is 25.1 Å². The van der Waals surface area contributed by atoms with Crippen LogP contribution < -0.4 is 14.8 Å². The van der Waals surface area contributed by atoms with E-state index in [2.05, 4.69) is 5.32 Å². The average molecular weight is 394 g/mol. The Bertz CT molecular complexity index is 706. The van der Waals surface area contributed by atoms with Gasteiger partial charge in [-0.15, -0.1) is 0 Å². The zero-order chi connectivity index (χ0) is 20.1. The molecule has 9 heteroatoms. The van der Waals surface area contributed by atoms with Crippen LogP contribution in [0.25, 0.3) is 0 Å². The molecule has 1 amide bonds. The largest absolute Gasteiger partial charge is 0.511 e. The first-order valence-corrected chi connectivity index (χ1v) is 9.32. The van der Waals surface area contributed by atoms with E-state index in [0.29, 0.717) is 18.7 Å². The lowest BCUT2D eigenvalue weighted by Crippen LogP contribution is -2.39. The molecule has 9 nitrogen and oxygen atoms in total. The van der Waals surface area contributed by atoms with Crippen LogP contribution in [-0.2, 0) is 20.6 Å². The second-order valence-corrected chi connectivity index (χ2v) is 6.90. The standard InChI is InChI=1S/C19H26N2O7/c1-12(8-14-4-5-16-17(9-14)25-11-24-16)21(3)18(22)26-13(2)27-19(23)28-15-6-7-20-10-15/h4-5,9,12-13,15,20H,6-8,10-11H2,1-3H3. The Morgan fingerprint density at radius 1 is 1.25 bits per heavy atom. The number of nitrogens with one attached hydrogen (secondary N) is 1. The monoisotopic (exact) mass is 394 g/mol. The molecule has 154 valence electrons. The summed E-state index contributed by atoms with van der Waals surface area (Å²) in [6.45, 7) is 5.00. The maximum absolute atomic E-state index is 12.3. The Labute approximate surface area is 163 Å². The van der Waals surface area contributed by atoms with Gasteiger partial charge in [0.15, 0.2) is 11.5 Å². The minimum absolute atomic E-state index is 0.142. The predicted molar refractivity (Wildman–Crippen MR) is 98.3 cm³/mol. The van der Waals surface area contributed by atoms with Crippen LogP contribution in [-0.4, -0.2) is 62.5 Å². The topological polar surface area (TPSA) is 95.6 Å². The van der Waals surface area contributed by atoms with Crippen LogP contribution in [0, 0.1) is 0 Å². The Kier molecular flexibility index (Phi) is 6.45. The molecule has 2 aliphatic rings. The fourth-order valence-corrected chi connectivity index (χ4v) is 3.00. The molecule has 2 heterocycles. The van der Waals surface area contributed by atoms with Crippen LogP contribution in [0.5, 0.6) is 11.5 Å². The van der Waals surface area contributed by atoms with Gasteiger partial charge in [-0.3, -0.25) is 0 Å². The number of hydrogen-bond donors (Lipinski definition) is 1. The van der Waals surface area contributed by atoms with E-state index in [-0.39, 0.29) is 18.9 Å². The Morgan fingerprint density at radius 2 is 2.04 bits per heavy atom. The highest BCUT2D eigenvalue weighted by molar-refractivity contribution is 5.68. The number of nitrogens with zero attached hydrogens (tertiary/aromatic N) is 1. The molecule has 3 atom stereocenters. The van der Waals surface area contributed by atoms with Gasteiger partial charge in [-0.05, 0) is 44.0 Å². The van der Waals surface area contributed by atoms with E-state index in [0.717, 1.165) is 24.3 Å². The van der Waals surface area contributed by atoms with Gasteiger partial charge in [-0.1, -0.05) is 6.07 Å². The summed E-state index contributed by atoms with van der Waals surface area (Å²) in [5.74, 6) is 1.42. The maximum Gasteiger partial charge on any atom is 0.511 e. The first-order valence-electron chi connectivity index (χ1n) is 9.32. The molecule has 1 aromatic rings. The molecule has 1 N–H and O–H groups in total. The summed E-state index contributed by atoms with van der Waals surface area (Å²) < 4.78 is 26.0. The van der Waals surface area contributed by atoms with Crippen molar-refractivity contribution < 1.29 is 33.3 Å². The quantitative estimate of drug-likeness (QED) is 0.580. The first kappa shape index (κ1) is 20.1. The average Bonchev–Trinajstić information content (AvgIpc) is 3.31. The minimum Gasteiger partial charge on any atom is -0.454 e. The maximum atomic E-state index is 12.3. The van der Waals surface area contributed by atoms with E-state index in [1.165, 1.54) is 11.8 Å². The van der Waals surface area contributed by atoms with Gasteiger partial charge in [0.2, 0.25) is 13.1 Å². The molecular formula is C19H26N2O7. The number of carbonyl (C=O) groups excluding carboxylic acids is 2. The lowest BCUT2D eigenvalue weighted by Gasteiger charge is -2.26. The third kappa shape index (κ3) is 5.19. The molecule has 1 fully saturated rings. The minimum atomic E-state index is -1.05. The highest BCUT2D eigenvalue weighted by Gasteiger charge is 2.25. The van der Waals surface area contributed by atoms with Crippen molar-refractivity contribution in [1.82, 2.24) is 10.2 Å². The van der Waals surface area contributed by atoms with E-state index in [1.54, 1.807) is 7.05 Å². The number of carbonyl (C=O) groups is 2. The number of hydrogen-bond acceptors (Lipinski definition) is 8. The van der Waals surface area contributed by atoms with Crippen molar-refractivity contribution in [1.29, 1.82) is 0 Å². The van der Waals surface area contributed by atoms with Crippen LogP contribution in [0.2, 0.25) is 0 Å². The third-order valence-corrected chi connectivity index (χ3v) is 4.72. The summed E-state index contributed by atoms with van der Waals surface area (Å²) in [5.41, 5.74) is 1.01. The number of rotatable bonds is 6. The van der Waals surface area contributed by atoms with Gasteiger partial charge in [0.05, 0.1) is 0 Å². The molecule has 3 unspecified atom stereocenters. The molecular weight excluding hydrogens is 368 g/mol. The third-order valence-electron chi connectivity index (χ3n) is 4.72. The van der Waals surface area contributed by atoms with Crippen LogP contribution in [0.15, 0.2) is 18.2 Å².